The molecule has 1 N–H and O–H groups in total. The Labute approximate surface area is 196 Å². The van der Waals surface area contributed by atoms with Gasteiger partial charge in [0, 0.05) is 36.3 Å². The van der Waals surface area contributed by atoms with Crippen molar-refractivity contribution >= 4 is 35.4 Å². The average Bonchev–Trinajstić information content (AvgIpc) is 3.07. The SMILES string of the molecule is CCOC(=O)N1CCC(N2C(=O)c3ccc(C(=O)NCc4cccc(Cl)c4)cc3C2=O)CC1. The number of benzene rings is 2. The molecule has 4 amide bonds. The molecule has 8 nitrogen and oxygen atoms in total. The van der Waals surface area contributed by atoms with Crippen molar-refractivity contribution < 1.29 is 23.9 Å². The lowest BCUT2D eigenvalue weighted by Gasteiger charge is -2.35. The number of piperidine rings is 1. The van der Waals surface area contributed by atoms with Crippen LogP contribution < -0.4 is 5.32 Å². The second-order valence-corrected chi connectivity index (χ2v) is 8.41. The zero-order valence-electron chi connectivity index (χ0n) is 18.2. The van der Waals surface area contributed by atoms with Crippen molar-refractivity contribution in [2.45, 2.75) is 32.4 Å². The quantitative estimate of drug-likeness (QED) is 0.676. The first kappa shape index (κ1) is 22.8. The number of rotatable bonds is 5. The Balaban J connectivity index is 1.42. The van der Waals surface area contributed by atoms with E-state index in [-0.39, 0.29) is 36.1 Å². The number of carbonyl (C=O) groups is 4. The third-order valence-electron chi connectivity index (χ3n) is 5.88. The van der Waals surface area contributed by atoms with Gasteiger partial charge < -0.3 is 15.0 Å². The third-order valence-corrected chi connectivity index (χ3v) is 6.11. The van der Waals surface area contributed by atoms with Gasteiger partial charge in [0.25, 0.3) is 17.7 Å². The van der Waals surface area contributed by atoms with Gasteiger partial charge in [-0.1, -0.05) is 23.7 Å². The first-order chi connectivity index (χ1) is 15.9. The lowest BCUT2D eigenvalue weighted by Crippen LogP contribution is -2.48. The van der Waals surface area contributed by atoms with Crippen LogP contribution in [0.15, 0.2) is 42.5 Å². The van der Waals surface area contributed by atoms with Crippen LogP contribution in [-0.2, 0) is 11.3 Å². The van der Waals surface area contributed by atoms with Crippen LogP contribution in [0.2, 0.25) is 5.02 Å². The van der Waals surface area contributed by atoms with E-state index in [1.54, 1.807) is 36.1 Å². The summed E-state index contributed by atoms with van der Waals surface area (Å²) < 4.78 is 5.02. The van der Waals surface area contributed by atoms with Gasteiger partial charge in [-0.2, -0.15) is 0 Å². The van der Waals surface area contributed by atoms with Crippen molar-refractivity contribution in [2.24, 2.45) is 0 Å². The Morgan fingerprint density at radius 1 is 1.06 bits per heavy atom. The summed E-state index contributed by atoms with van der Waals surface area (Å²) >= 11 is 5.97. The van der Waals surface area contributed by atoms with Crippen LogP contribution in [0.3, 0.4) is 0 Å². The molecule has 1 saturated heterocycles. The summed E-state index contributed by atoms with van der Waals surface area (Å²) in [6, 6.07) is 11.4. The van der Waals surface area contributed by atoms with E-state index in [2.05, 4.69) is 5.32 Å². The van der Waals surface area contributed by atoms with Gasteiger partial charge in [0.15, 0.2) is 0 Å². The van der Waals surface area contributed by atoms with Crippen LogP contribution in [0, 0.1) is 0 Å². The summed E-state index contributed by atoms with van der Waals surface area (Å²) in [4.78, 5) is 53.4. The molecule has 1 fully saturated rings. The largest absolute Gasteiger partial charge is 0.450 e. The van der Waals surface area contributed by atoms with E-state index in [4.69, 9.17) is 16.3 Å². The van der Waals surface area contributed by atoms with Gasteiger partial charge in [-0.3, -0.25) is 19.3 Å². The minimum atomic E-state index is -0.408. The van der Waals surface area contributed by atoms with Crippen LogP contribution in [-0.4, -0.2) is 59.4 Å². The molecule has 0 aliphatic carbocycles. The molecule has 0 aromatic heterocycles. The van der Waals surface area contributed by atoms with Crippen LogP contribution in [0.25, 0.3) is 0 Å². The van der Waals surface area contributed by atoms with Crippen LogP contribution in [0.5, 0.6) is 0 Å². The van der Waals surface area contributed by atoms with Gasteiger partial charge in [0.05, 0.1) is 17.7 Å². The Hall–Kier alpha value is -3.39. The minimum Gasteiger partial charge on any atom is -0.450 e. The molecule has 172 valence electrons. The number of ether oxygens (including phenoxy) is 1. The first-order valence-electron chi connectivity index (χ1n) is 10.8. The van der Waals surface area contributed by atoms with E-state index in [1.165, 1.54) is 17.0 Å². The fourth-order valence-electron chi connectivity index (χ4n) is 4.19. The van der Waals surface area contributed by atoms with Crippen LogP contribution in [0.1, 0.15) is 56.4 Å². The summed E-state index contributed by atoms with van der Waals surface area (Å²) in [5.74, 6) is -1.12. The molecule has 0 spiro atoms. The molecule has 33 heavy (non-hydrogen) atoms. The van der Waals surface area contributed by atoms with E-state index in [0.717, 1.165) is 5.56 Å². The number of imide groups is 1. The summed E-state index contributed by atoms with van der Waals surface area (Å²) in [5.41, 5.74) is 1.67. The predicted octanol–water partition coefficient (Wildman–Crippen LogP) is 3.49. The highest BCUT2D eigenvalue weighted by molar-refractivity contribution is 6.30. The maximum Gasteiger partial charge on any atom is 0.409 e. The molecule has 2 aliphatic rings. The number of amides is 4. The number of halogens is 1. The number of nitrogens with one attached hydrogen (secondary N) is 1. The lowest BCUT2D eigenvalue weighted by atomic mass is 10.0. The van der Waals surface area contributed by atoms with Crippen molar-refractivity contribution in [1.82, 2.24) is 15.1 Å². The Bertz CT molecular complexity index is 1110. The summed E-state index contributed by atoms with van der Waals surface area (Å²) in [6.45, 7) is 3.15. The van der Waals surface area contributed by atoms with Gasteiger partial charge in [-0.25, -0.2) is 4.79 Å². The number of hydrogen-bond acceptors (Lipinski definition) is 5. The van der Waals surface area contributed by atoms with Gasteiger partial charge >= 0.3 is 6.09 Å². The highest BCUT2D eigenvalue weighted by atomic mass is 35.5. The van der Waals surface area contributed by atoms with Gasteiger partial charge in [0.2, 0.25) is 0 Å². The Kier molecular flexibility index (Phi) is 6.65. The standard InChI is InChI=1S/C24H24ClN3O5/c1-2-33-24(32)27-10-8-18(9-11-27)28-22(30)19-7-6-16(13-20(19)23(28)31)21(29)26-14-15-4-3-5-17(25)12-15/h3-7,12-13,18H,2,8-11,14H2,1H3,(H,26,29). The summed E-state index contributed by atoms with van der Waals surface area (Å²) in [6.07, 6.45) is 0.584. The fourth-order valence-corrected chi connectivity index (χ4v) is 4.40. The van der Waals surface area contributed by atoms with Crippen molar-refractivity contribution in [3.05, 3.63) is 69.7 Å². The van der Waals surface area contributed by atoms with Crippen molar-refractivity contribution in [3.63, 3.8) is 0 Å². The molecule has 0 unspecified atom stereocenters. The number of likely N-dealkylation sites (tertiary alicyclic amines) is 1. The molecule has 0 saturated carbocycles. The smallest absolute Gasteiger partial charge is 0.409 e. The average molecular weight is 470 g/mol. The number of carbonyl (C=O) groups excluding carboxylic acids is 4. The lowest BCUT2D eigenvalue weighted by molar-refractivity contribution is 0.0485. The zero-order chi connectivity index (χ0) is 23.5. The van der Waals surface area contributed by atoms with E-state index >= 15 is 0 Å². The van der Waals surface area contributed by atoms with Crippen molar-refractivity contribution in [2.75, 3.05) is 19.7 Å². The highest BCUT2D eigenvalue weighted by Gasteiger charge is 2.41. The molecule has 2 aromatic carbocycles. The second-order valence-electron chi connectivity index (χ2n) is 7.97. The van der Waals surface area contributed by atoms with E-state index in [1.807, 2.05) is 6.07 Å². The van der Waals surface area contributed by atoms with Crippen molar-refractivity contribution in [1.29, 1.82) is 0 Å². The fraction of sp³-hybridized carbons (Fsp3) is 0.333. The normalized spacial score (nSPS) is 16.1. The van der Waals surface area contributed by atoms with Crippen LogP contribution in [0.4, 0.5) is 4.79 Å². The molecule has 0 radical (unpaired) electrons. The molecular weight excluding hydrogens is 446 g/mol. The molecule has 2 aromatic rings. The molecule has 4 rings (SSSR count). The topological polar surface area (TPSA) is 96.0 Å². The number of hydrogen-bond donors (Lipinski definition) is 1. The van der Waals surface area contributed by atoms with E-state index in [0.29, 0.717) is 48.7 Å². The van der Waals surface area contributed by atoms with Gasteiger partial charge in [0.1, 0.15) is 0 Å². The minimum absolute atomic E-state index is 0.225. The third kappa shape index (κ3) is 4.71. The van der Waals surface area contributed by atoms with Crippen LogP contribution >= 0.6 is 11.6 Å². The molecule has 0 bridgehead atoms. The molecule has 2 heterocycles. The first-order valence-corrected chi connectivity index (χ1v) is 11.2. The van der Waals surface area contributed by atoms with E-state index < -0.39 is 5.91 Å². The monoisotopic (exact) mass is 469 g/mol. The maximum absolute atomic E-state index is 13.1. The second kappa shape index (κ2) is 9.62. The summed E-state index contributed by atoms with van der Waals surface area (Å²) in [5, 5.41) is 3.38. The van der Waals surface area contributed by atoms with E-state index in [9.17, 15) is 19.2 Å². The van der Waals surface area contributed by atoms with Gasteiger partial charge in [-0.05, 0) is 55.7 Å². The molecule has 0 atom stereocenters. The molecule has 9 heteroatoms. The molecule has 2 aliphatic heterocycles. The zero-order valence-corrected chi connectivity index (χ0v) is 18.9. The molecular formula is C24H24ClN3O5. The number of fused-ring (bicyclic) bond motifs is 1. The Morgan fingerprint density at radius 3 is 2.48 bits per heavy atom. The van der Waals surface area contributed by atoms with Crippen molar-refractivity contribution in [3.8, 4) is 0 Å². The predicted molar refractivity (Wildman–Crippen MR) is 121 cm³/mol. The van der Waals surface area contributed by atoms with Gasteiger partial charge in [-0.15, -0.1) is 0 Å². The maximum atomic E-state index is 13.1. The number of nitrogens with zero attached hydrogens (tertiary/aromatic N) is 2. The highest BCUT2D eigenvalue weighted by Crippen LogP contribution is 2.29. The summed E-state index contributed by atoms with van der Waals surface area (Å²) in [7, 11) is 0. The Morgan fingerprint density at radius 2 is 1.79 bits per heavy atom.